The lowest BCUT2D eigenvalue weighted by Crippen LogP contribution is -2.33. The average molecular weight is 372 g/mol. The molecule has 0 bridgehead atoms. The van der Waals surface area contributed by atoms with Gasteiger partial charge in [-0.05, 0) is 31.9 Å². The number of anilines is 1. The first-order valence-electron chi connectivity index (χ1n) is 9.01. The molecule has 0 spiro atoms. The molecule has 1 aromatic heterocycles. The molecule has 7 heteroatoms. The minimum absolute atomic E-state index is 0.123. The Bertz CT molecular complexity index is 768. The molecule has 3 rings (SSSR count). The van der Waals surface area contributed by atoms with Gasteiger partial charge < -0.3 is 15.2 Å². The SMILES string of the molecule is CCn1ccnc1SCC(=O)Nc1ccccc1C(=O)NC1CCCC1. The number of nitrogens with one attached hydrogen (secondary N) is 2. The van der Waals surface area contributed by atoms with Gasteiger partial charge >= 0.3 is 0 Å². The van der Waals surface area contributed by atoms with Gasteiger partial charge in [-0.2, -0.15) is 0 Å². The van der Waals surface area contributed by atoms with Crippen molar-refractivity contribution in [2.24, 2.45) is 0 Å². The summed E-state index contributed by atoms with van der Waals surface area (Å²) in [5.41, 5.74) is 1.06. The molecule has 1 heterocycles. The van der Waals surface area contributed by atoms with Crippen molar-refractivity contribution >= 4 is 29.3 Å². The Morgan fingerprint density at radius 3 is 2.81 bits per heavy atom. The van der Waals surface area contributed by atoms with Crippen molar-refractivity contribution in [2.45, 2.75) is 50.4 Å². The second-order valence-corrected chi connectivity index (χ2v) is 7.28. The number of hydrogen-bond acceptors (Lipinski definition) is 4. The van der Waals surface area contributed by atoms with E-state index in [0.717, 1.165) is 37.4 Å². The van der Waals surface area contributed by atoms with Gasteiger partial charge in [0.1, 0.15) is 0 Å². The Morgan fingerprint density at radius 1 is 1.27 bits per heavy atom. The second kappa shape index (κ2) is 8.89. The lowest BCUT2D eigenvalue weighted by molar-refractivity contribution is -0.113. The van der Waals surface area contributed by atoms with Crippen molar-refractivity contribution in [3.05, 3.63) is 42.2 Å². The van der Waals surface area contributed by atoms with E-state index in [1.807, 2.05) is 29.8 Å². The third-order valence-electron chi connectivity index (χ3n) is 4.49. The third-order valence-corrected chi connectivity index (χ3v) is 5.49. The van der Waals surface area contributed by atoms with Gasteiger partial charge in [0, 0.05) is 25.0 Å². The number of rotatable bonds is 7. The number of aryl methyl sites for hydroxylation is 1. The fraction of sp³-hybridized carbons (Fsp3) is 0.421. The Balaban J connectivity index is 1.60. The number of para-hydroxylation sites is 1. The van der Waals surface area contributed by atoms with E-state index in [1.54, 1.807) is 18.3 Å². The van der Waals surface area contributed by atoms with E-state index in [1.165, 1.54) is 11.8 Å². The quantitative estimate of drug-likeness (QED) is 0.731. The van der Waals surface area contributed by atoms with Crippen LogP contribution in [0.15, 0.2) is 41.8 Å². The van der Waals surface area contributed by atoms with Crippen molar-refractivity contribution in [3.63, 3.8) is 0 Å². The largest absolute Gasteiger partial charge is 0.349 e. The summed E-state index contributed by atoms with van der Waals surface area (Å²) in [6, 6.07) is 7.38. The Morgan fingerprint density at radius 2 is 2.04 bits per heavy atom. The maximum absolute atomic E-state index is 12.6. The van der Waals surface area contributed by atoms with Crippen LogP contribution < -0.4 is 10.6 Å². The smallest absolute Gasteiger partial charge is 0.253 e. The van der Waals surface area contributed by atoms with E-state index >= 15 is 0 Å². The first kappa shape index (κ1) is 18.5. The molecule has 2 aromatic rings. The summed E-state index contributed by atoms with van der Waals surface area (Å²) >= 11 is 1.39. The van der Waals surface area contributed by atoms with Crippen LogP contribution in [-0.2, 0) is 11.3 Å². The maximum atomic E-state index is 12.6. The van der Waals surface area contributed by atoms with Crippen LogP contribution in [0.25, 0.3) is 0 Å². The van der Waals surface area contributed by atoms with Gasteiger partial charge in [-0.1, -0.05) is 36.7 Å². The average Bonchev–Trinajstić information content (AvgIpc) is 3.31. The van der Waals surface area contributed by atoms with Crippen LogP contribution in [0.5, 0.6) is 0 Å². The molecule has 0 unspecified atom stereocenters. The molecule has 0 saturated heterocycles. The highest BCUT2D eigenvalue weighted by atomic mass is 32.2. The number of thioether (sulfide) groups is 1. The highest BCUT2D eigenvalue weighted by Gasteiger charge is 2.20. The van der Waals surface area contributed by atoms with Crippen LogP contribution in [-0.4, -0.2) is 33.2 Å². The zero-order valence-electron chi connectivity index (χ0n) is 14.9. The van der Waals surface area contributed by atoms with E-state index in [2.05, 4.69) is 15.6 Å². The molecular weight excluding hydrogens is 348 g/mol. The van der Waals surface area contributed by atoms with Crippen LogP contribution in [0.1, 0.15) is 43.0 Å². The Kier molecular flexibility index (Phi) is 6.33. The highest BCUT2D eigenvalue weighted by molar-refractivity contribution is 7.99. The van der Waals surface area contributed by atoms with Gasteiger partial charge in [-0.15, -0.1) is 0 Å². The van der Waals surface area contributed by atoms with Crippen molar-refractivity contribution < 1.29 is 9.59 Å². The predicted molar refractivity (Wildman–Crippen MR) is 103 cm³/mol. The topological polar surface area (TPSA) is 76.0 Å². The number of benzene rings is 1. The fourth-order valence-electron chi connectivity index (χ4n) is 3.12. The summed E-state index contributed by atoms with van der Waals surface area (Å²) in [5.74, 6) is -0.0287. The first-order valence-corrected chi connectivity index (χ1v) is 9.99. The summed E-state index contributed by atoms with van der Waals surface area (Å²) in [6.07, 6.45) is 8.00. The monoisotopic (exact) mass is 372 g/mol. The van der Waals surface area contributed by atoms with Crippen LogP contribution in [0, 0.1) is 0 Å². The minimum Gasteiger partial charge on any atom is -0.349 e. The Labute approximate surface area is 157 Å². The van der Waals surface area contributed by atoms with Crippen LogP contribution in [0.3, 0.4) is 0 Å². The summed E-state index contributed by atoms with van der Waals surface area (Å²) < 4.78 is 1.99. The maximum Gasteiger partial charge on any atom is 0.253 e. The minimum atomic E-state index is -0.151. The van der Waals surface area contributed by atoms with Gasteiger partial charge in [-0.3, -0.25) is 9.59 Å². The predicted octanol–water partition coefficient (Wildman–Crippen LogP) is 3.31. The molecule has 1 aliphatic rings. The lowest BCUT2D eigenvalue weighted by Gasteiger charge is -2.15. The molecular formula is C19H24N4O2S. The first-order chi connectivity index (χ1) is 12.7. The van der Waals surface area contributed by atoms with E-state index < -0.39 is 0 Å². The number of imidazole rings is 1. The van der Waals surface area contributed by atoms with E-state index in [9.17, 15) is 9.59 Å². The number of carbonyl (C=O) groups is 2. The Hall–Kier alpha value is -2.28. The van der Waals surface area contributed by atoms with Gasteiger partial charge in [0.15, 0.2) is 5.16 Å². The molecule has 1 saturated carbocycles. The van der Waals surface area contributed by atoms with Crippen molar-refractivity contribution in [2.75, 3.05) is 11.1 Å². The number of nitrogens with zero attached hydrogens (tertiary/aromatic N) is 2. The van der Waals surface area contributed by atoms with E-state index in [0.29, 0.717) is 11.3 Å². The van der Waals surface area contributed by atoms with Crippen molar-refractivity contribution in [1.82, 2.24) is 14.9 Å². The molecule has 26 heavy (non-hydrogen) atoms. The van der Waals surface area contributed by atoms with Crippen molar-refractivity contribution in [3.8, 4) is 0 Å². The van der Waals surface area contributed by atoms with Gasteiger partial charge in [-0.25, -0.2) is 4.98 Å². The molecule has 2 amide bonds. The normalized spacial score (nSPS) is 14.3. The fourth-order valence-corrected chi connectivity index (χ4v) is 3.94. The molecule has 6 nitrogen and oxygen atoms in total. The van der Waals surface area contributed by atoms with Crippen LogP contribution in [0.4, 0.5) is 5.69 Å². The third kappa shape index (κ3) is 4.66. The van der Waals surface area contributed by atoms with Gasteiger partial charge in [0.2, 0.25) is 5.91 Å². The number of amides is 2. The summed E-state index contributed by atoms with van der Waals surface area (Å²) in [4.78, 5) is 29.1. The van der Waals surface area contributed by atoms with Crippen LogP contribution in [0.2, 0.25) is 0 Å². The number of carbonyl (C=O) groups excluding carboxylic acids is 2. The molecule has 138 valence electrons. The summed E-state index contributed by atoms with van der Waals surface area (Å²) in [6.45, 7) is 2.85. The second-order valence-electron chi connectivity index (χ2n) is 6.33. The molecule has 2 N–H and O–H groups in total. The lowest BCUT2D eigenvalue weighted by atomic mass is 10.1. The molecule has 1 aromatic carbocycles. The standard InChI is InChI=1S/C19H24N4O2S/c1-2-23-12-11-20-19(23)26-13-17(24)22-16-10-6-5-9-15(16)18(25)21-14-7-3-4-8-14/h5-6,9-12,14H,2-4,7-8,13H2,1H3,(H,21,25)(H,22,24). The summed E-state index contributed by atoms with van der Waals surface area (Å²) in [7, 11) is 0. The number of aromatic nitrogens is 2. The molecule has 0 atom stereocenters. The zero-order chi connectivity index (χ0) is 18.4. The summed E-state index contributed by atoms with van der Waals surface area (Å²) in [5, 5.41) is 6.74. The molecule has 0 aliphatic heterocycles. The van der Waals surface area contributed by atoms with E-state index in [-0.39, 0.29) is 23.6 Å². The highest BCUT2D eigenvalue weighted by Crippen LogP contribution is 2.21. The van der Waals surface area contributed by atoms with Gasteiger partial charge in [0.05, 0.1) is 17.0 Å². The molecule has 1 fully saturated rings. The van der Waals surface area contributed by atoms with Gasteiger partial charge in [0.25, 0.3) is 5.91 Å². The number of hydrogen-bond donors (Lipinski definition) is 2. The molecule has 0 radical (unpaired) electrons. The molecule has 1 aliphatic carbocycles. The van der Waals surface area contributed by atoms with Crippen LogP contribution >= 0.6 is 11.8 Å². The van der Waals surface area contributed by atoms with E-state index in [4.69, 9.17) is 0 Å². The van der Waals surface area contributed by atoms with Crippen molar-refractivity contribution in [1.29, 1.82) is 0 Å². The zero-order valence-corrected chi connectivity index (χ0v) is 15.7.